The van der Waals surface area contributed by atoms with Gasteiger partial charge in [-0.1, -0.05) is 154 Å². The fourth-order valence-corrected chi connectivity index (χ4v) is 3.41. The van der Waals surface area contributed by atoms with Gasteiger partial charge < -0.3 is 0 Å². The van der Waals surface area contributed by atoms with Gasteiger partial charge in [0.15, 0.2) is 0 Å². The highest BCUT2D eigenvalue weighted by molar-refractivity contribution is 5.32. The molecule has 0 aromatic rings. The summed E-state index contributed by atoms with van der Waals surface area (Å²) in [5.41, 5.74) is 10.5. The largest absolute Gasteiger partial charge is 0.0856 e. The second-order valence-corrected chi connectivity index (χ2v) is 11.1. The van der Waals surface area contributed by atoms with E-state index in [1.54, 1.807) is 0 Å². The minimum absolute atomic E-state index is 1.12. The average molecular weight is 537 g/mol. The van der Waals surface area contributed by atoms with Gasteiger partial charge in [0.05, 0.1) is 0 Å². The predicted octanol–water partition coefficient (Wildman–Crippen LogP) is 12.9. The molecular formula is C40H56. The minimum atomic E-state index is 1.12. The van der Waals surface area contributed by atoms with Gasteiger partial charge in [0.2, 0.25) is 0 Å². The molecule has 0 aliphatic rings. The van der Waals surface area contributed by atoms with Crippen LogP contribution in [0.1, 0.15) is 94.9 Å². The van der Waals surface area contributed by atoms with Crippen LogP contribution in [0.15, 0.2) is 154 Å². The molecule has 0 heteroatoms. The van der Waals surface area contributed by atoms with Gasteiger partial charge in [0.25, 0.3) is 0 Å². The fraction of sp³-hybridized carbons (Fsp3) is 0.350. The van der Waals surface area contributed by atoms with Gasteiger partial charge in [-0.3, -0.25) is 0 Å². The third-order valence-corrected chi connectivity index (χ3v) is 5.93. The van der Waals surface area contributed by atoms with Crippen LogP contribution in [0.5, 0.6) is 0 Å². The van der Waals surface area contributed by atoms with Crippen LogP contribution in [0.2, 0.25) is 0 Å². The Labute approximate surface area is 248 Å². The van der Waals surface area contributed by atoms with E-state index in [4.69, 9.17) is 0 Å². The summed E-state index contributed by atoms with van der Waals surface area (Å²) in [6, 6.07) is 0. The molecule has 0 rings (SSSR count). The van der Waals surface area contributed by atoms with Crippen molar-refractivity contribution in [1.29, 1.82) is 0 Å². The molecule has 0 nitrogen and oxygen atoms in total. The second-order valence-electron chi connectivity index (χ2n) is 11.1. The topological polar surface area (TPSA) is 0 Å². The van der Waals surface area contributed by atoms with Crippen molar-refractivity contribution in [3.63, 3.8) is 0 Å². The molecule has 0 spiro atoms. The first-order chi connectivity index (χ1) is 19.0. The maximum Gasteiger partial charge on any atom is -0.0285 e. The van der Waals surface area contributed by atoms with E-state index in [0.717, 1.165) is 25.7 Å². The molecule has 40 heavy (non-hydrogen) atoms. The molecule has 0 aliphatic carbocycles. The van der Waals surface area contributed by atoms with E-state index in [0.29, 0.717) is 0 Å². The summed E-state index contributed by atoms with van der Waals surface area (Å²) in [5, 5.41) is 0. The Morgan fingerprint density at radius 1 is 0.350 bits per heavy atom. The van der Waals surface area contributed by atoms with Crippen LogP contribution >= 0.6 is 0 Å². The quantitative estimate of drug-likeness (QED) is 0.136. The van der Waals surface area contributed by atoms with Gasteiger partial charge in [-0.25, -0.2) is 0 Å². The van der Waals surface area contributed by atoms with Crippen molar-refractivity contribution in [3.05, 3.63) is 154 Å². The van der Waals surface area contributed by atoms with Gasteiger partial charge in [-0.2, -0.15) is 0 Å². The molecule has 0 aromatic heterocycles. The van der Waals surface area contributed by atoms with Gasteiger partial charge in [0.1, 0.15) is 0 Å². The highest BCUT2D eigenvalue weighted by Gasteiger charge is 1.88. The maximum atomic E-state index is 2.30. The Morgan fingerprint density at radius 2 is 0.625 bits per heavy atom. The Kier molecular flexibility index (Phi) is 21.5. The van der Waals surface area contributed by atoms with Crippen molar-refractivity contribution in [3.8, 4) is 0 Å². The van der Waals surface area contributed by atoms with Crippen LogP contribution in [0.25, 0.3) is 0 Å². The molecule has 0 unspecified atom stereocenters. The van der Waals surface area contributed by atoms with Gasteiger partial charge in [-0.15, -0.1) is 0 Å². The lowest BCUT2D eigenvalue weighted by Crippen LogP contribution is -1.76. The lowest BCUT2D eigenvalue weighted by Gasteiger charge is -1.96. The monoisotopic (exact) mass is 536 g/mol. The third kappa shape index (κ3) is 24.9. The molecule has 0 radical (unpaired) electrons. The number of hydrogen-bond acceptors (Lipinski definition) is 0. The molecule has 0 N–H and O–H groups in total. The van der Waals surface area contributed by atoms with Crippen molar-refractivity contribution in [2.45, 2.75) is 94.9 Å². The summed E-state index contributed by atoms with van der Waals surface area (Å²) in [5.74, 6) is 0. The summed E-state index contributed by atoms with van der Waals surface area (Å²) in [6.07, 6.45) is 43.3. The standard InChI is InChI=1S/C40H56/c1-33(2)19-13-23-37(7)27-17-31-39(9)29-15-25-35(5)21-11-12-22-36(6)26-16-30-40(10)32-18-28-38(8)24-14-20-34(3)4/h11-12,15-22,25-32H,13-14,23-24H2,1-10H3/b12-11-,25-15-,26-16-,31-17-,32-18+,35-21+,36-22-,37-27+,38-28-,39-29+,40-30-. The lowest BCUT2D eigenvalue weighted by molar-refractivity contribution is 0.967. The van der Waals surface area contributed by atoms with Gasteiger partial charge >= 0.3 is 0 Å². The number of allylic oxidation sites excluding steroid dienone is 26. The lowest BCUT2D eigenvalue weighted by atomic mass is 10.1. The number of hydrogen-bond donors (Lipinski definition) is 0. The van der Waals surface area contributed by atoms with E-state index in [9.17, 15) is 0 Å². The van der Waals surface area contributed by atoms with Gasteiger partial charge in [0, 0.05) is 0 Å². The molecule has 0 aromatic carbocycles. The number of rotatable bonds is 16. The molecule has 216 valence electrons. The predicted molar refractivity (Wildman–Crippen MR) is 186 cm³/mol. The summed E-state index contributed by atoms with van der Waals surface area (Å²) >= 11 is 0. The first kappa shape index (κ1) is 36.6. The highest BCUT2D eigenvalue weighted by Crippen LogP contribution is 2.09. The molecule has 0 heterocycles. The Bertz CT molecular complexity index is 1050. The molecular weight excluding hydrogens is 480 g/mol. The summed E-state index contributed by atoms with van der Waals surface area (Å²) in [4.78, 5) is 0. The molecule has 0 bridgehead atoms. The van der Waals surface area contributed by atoms with E-state index < -0.39 is 0 Å². The van der Waals surface area contributed by atoms with Crippen molar-refractivity contribution in [2.75, 3.05) is 0 Å². The zero-order chi connectivity index (χ0) is 30.2. The van der Waals surface area contributed by atoms with Gasteiger partial charge in [-0.05, 0) is 94.9 Å². The van der Waals surface area contributed by atoms with E-state index in [-0.39, 0.29) is 0 Å². The maximum absolute atomic E-state index is 2.30. The summed E-state index contributed by atoms with van der Waals surface area (Å²) in [7, 11) is 0. The molecule has 0 amide bonds. The fourth-order valence-electron chi connectivity index (χ4n) is 3.41. The molecule has 0 saturated heterocycles. The summed E-state index contributed by atoms with van der Waals surface area (Å²) < 4.78 is 0. The normalized spacial score (nSPS) is 15.1. The Morgan fingerprint density at radius 3 is 0.925 bits per heavy atom. The summed E-state index contributed by atoms with van der Waals surface area (Å²) in [6.45, 7) is 21.5. The van der Waals surface area contributed by atoms with Crippen LogP contribution in [0.4, 0.5) is 0 Å². The van der Waals surface area contributed by atoms with Crippen molar-refractivity contribution in [2.24, 2.45) is 0 Å². The Hall–Kier alpha value is -3.38. The third-order valence-electron chi connectivity index (χ3n) is 5.93. The van der Waals surface area contributed by atoms with E-state index in [1.807, 2.05) is 0 Å². The van der Waals surface area contributed by atoms with Crippen LogP contribution in [0, 0.1) is 0 Å². The molecule has 0 saturated carbocycles. The van der Waals surface area contributed by atoms with Crippen molar-refractivity contribution in [1.82, 2.24) is 0 Å². The van der Waals surface area contributed by atoms with Crippen LogP contribution in [-0.2, 0) is 0 Å². The minimum Gasteiger partial charge on any atom is -0.0856 e. The van der Waals surface area contributed by atoms with E-state index in [2.05, 4.69) is 179 Å². The van der Waals surface area contributed by atoms with E-state index >= 15 is 0 Å². The zero-order valence-electron chi connectivity index (χ0n) is 27.2. The van der Waals surface area contributed by atoms with Crippen molar-refractivity contribution < 1.29 is 0 Å². The average Bonchev–Trinajstić information content (AvgIpc) is 2.86. The van der Waals surface area contributed by atoms with Crippen LogP contribution < -0.4 is 0 Å². The van der Waals surface area contributed by atoms with Crippen LogP contribution in [-0.4, -0.2) is 0 Å². The van der Waals surface area contributed by atoms with E-state index in [1.165, 1.54) is 44.6 Å². The molecule has 0 atom stereocenters. The molecule has 0 fully saturated rings. The van der Waals surface area contributed by atoms with Crippen molar-refractivity contribution >= 4 is 0 Å². The highest BCUT2D eigenvalue weighted by atomic mass is 13.9. The zero-order valence-corrected chi connectivity index (χ0v) is 27.2. The smallest absolute Gasteiger partial charge is 0.0285 e. The van der Waals surface area contributed by atoms with Crippen LogP contribution in [0.3, 0.4) is 0 Å². The first-order valence-corrected chi connectivity index (χ1v) is 14.7. The molecule has 0 aliphatic heterocycles. The first-order valence-electron chi connectivity index (χ1n) is 14.7. The SMILES string of the molecule is CC(C)=CCC\C(C)=C/C=C/C(C)=C\C=C/C(C)=C\C=C/C=C(C)/C=C\C=C(C)\C=C/C=C(\C)CCC=C(C)C. The second kappa shape index (κ2) is 23.5. The Balaban J connectivity index is 4.70.